The lowest BCUT2D eigenvalue weighted by molar-refractivity contribution is 0.0514. The fourth-order valence-corrected chi connectivity index (χ4v) is 1.84. The van der Waals surface area contributed by atoms with Gasteiger partial charge in [-0.2, -0.15) is 0 Å². The molecule has 5 heteroatoms. The Balaban J connectivity index is 2.25. The van der Waals surface area contributed by atoms with Gasteiger partial charge in [0.05, 0.1) is 18.8 Å². The minimum atomic E-state index is -0.311. The van der Waals surface area contributed by atoms with Crippen LogP contribution in [0.3, 0.4) is 0 Å². The summed E-state index contributed by atoms with van der Waals surface area (Å²) >= 11 is 0. The highest BCUT2D eigenvalue weighted by atomic mass is 16.5. The molecule has 0 atom stereocenters. The van der Waals surface area contributed by atoms with Crippen LogP contribution in [-0.4, -0.2) is 22.3 Å². The van der Waals surface area contributed by atoms with Crippen molar-refractivity contribution < 1.29 is 14.1 Å². The van der Waals surface area contributed by atoms with Gasteiger partial charge in [-0.05, 0) is 32.9 Å². The molecule has 2 heterocycles. The Labute approximate surface area is 105 Å². The van der Waals surface area contributed by atoms with Crippen LogP contribution < -0.4 is 0 Å². The maximum atomic E-state index is 11.7. The van der Waals surface area contributed by atoms with Crippen LogP contribution in [0.2, 0.25) is 0 Å². The van der Waals surface area contributed by atoms with Gasteiger partial charge >= 0.3 is 5.97 Å². The first-order chi connectivity index (χ1) is 8.63. The van der Waals surface area contributed by atoms with E-state index < -0.39 is 0 Å². The first kappa shape index (κ1) is 12.4. The number of aryl methyl sites for hydroxylation is 2. The highest BCUT2D eigenvalue weighted by molar-refractivity contribution is 5.87. The second-order valence-corrected chi connectivity index (χ2v) is 4.04. The van der Waals surface area contributed by atoms with E-state index in [-0.39, 0.29) is 5.97 Å². The summed E-state index contributed by atoms with van der Waals surface area (Å²) < 4.78 is 12.0. The third-order valence-corrected chi connectivity index (χ3v) is 2.82. The minimum absolute atomic E-state index is 0.311. The Morgan fingerprint density at radius 3 is 2.89 bits per heavy atom. The van der Waals surface area contributed by atoms with Gasteiger partial charge in [0.15, 0.2) is 0 Å². The van der Waals surface area contributed by atoms with Gasteiger partial charge in [-0.25, -0.2) is 4.79 Å². The summed E-state index contributed by atoms with van der Waals surface area (Å²) in [4.78, 5) is 11.7. The summed E-state index contributed by atoms with van der Waals surface area (Å²) in [6.07, 6.45) is 1.85. The zero-order valence-corrected chi connectivity index (χ0v) is 10.8. The van der Waals surface area contributed by atoms with Crippen molar-refractivity contribution in [2.75, 3.05) is 6.61 Å². The predicted octanol–water partition coefficient (Wildman–Crippen LogP) is 2.32. The molecule has 0 saturated heterocycles. The summed E-state index contributed by atoms with van der Waals surface area (Å²) in [5, 5.41) is 3.90. The fourth-order valence-electron chi connectivity index (χ4n) is 1.84. The van der Waals surface area contributed by atoms with Crippen molar-refractivity contribution in [2.45, 2.75) is 27.3 Å². The molecule has 2 aromatic heterocycles. The average Bonchev–Trinajstić information content (AvgIpc) is 2.91. The summed E-state index contributed by atoms with van der Waals surface area (Å²) in [6.45, 7) is 6.47. The molecule has 2 aromatic rings. The molecule has 0 amide bonds. The zero-order valence-electron chi connectivity index (χ0n) is 10.8. The maximum absolute atomic E-state index is 11.7. The van der Waals surface area contributed by atoms with E-state index in [2.05, 4.69) is 5.16 Å². The molecule has 0 aromatic carbocycles. The van der Waals surface area contributed by atoms with Gasteiger partial charge in [-0.3, -0.25) is 0 Å². The first-order valence-corrected chi connectivity index (χ1v) is 5.87. The summed E-state index contributed by atoms with van der Waals surface area (Å²) in [7, 11) is 0. The Hall–Kier alpha value is -2.04. The van der Waals surface area contributed by atoms with Crippen molar-refractivity contribution in [3.63, 3.8) is 0 Å². The molecule has 0 spiro atoms. The van der Waals surface area contributed by atoms with E-state index in [4.69, 9.17) is 9.26 Å². The van der Waals surface area contributed by atoms with E-state index in [9.17, 15) is 4.79 Å². The number of nitrogens with zero attached hydrogens (tertiary/aromatic N) is 2. The van der Waals surface area contributed by atoms with Crippen LogP contribution in [0.15, 0.2) is 22.9 Å². The molecule has 18 heavy (non-hydrogen) atoms. The number of hydrogen-bond donors (Lipinski definition) is 0. The Morgan fingerprint density at radius 2 is 2.28 bits per heavy atom. The standard InChI is InChI=1S/C13H16N2O3/c1-4-17-13(16)12-6-5-7-15(12)8-11-9(2)14-18-10(11)3/h5-7H,4,8H2,1-3H3. The van der Waals surface area contributed by atoms with Gasteiger partial charge in [-0.15, -0.1) is 0 Å². The van der Waals surface area contributed by atoms with Crippen molar-refractivity contribution >= 4 is 5.97 Å². The number of carbonyl (C=O) groups excluding carboxylic acids is 1. The quantitative estimate of drug-likeness (QED) is 0.779. The molecule has 0 saturated carbocycles. The molecule has 0 radical (unpaired) electrons. The van der Waals surface area contributed by atoms with E-state index in [1.54, 1.807) is 13.0 Å². The molecule has 2 rings (SSSR count). The monoisotopic (exact) mass is 248 g/mol. The normalized spacial score (nSPS) is 10.6. The van der Waals surface area contributed by atoms with Crippen LogP contribution in [0.5, 0.6) is 0 Å². The van der Waals surface area contributed by atoms with Crippen LogP contribution >= 0.6 is 0 Å². The van der Waals surface area contributed by atoms with Crippen molar-refractivity contribution in [1.82, 2.24) is 9.72 Å². The second-order valence-electron chi connectivity index (χ2n) is 4.04. The lowest BCUT2D eigenvalue weighted by Crippen LogP contribution is -2.12. The van der Waals surface area contributed by atoms with Crippen LogP contribution in [0, 0.1) is 13.8 Å². The number of carbonyl (C=O) groups is 1. The lowest BCUT2D eigenvalue weighted by Gasteiger charge is -2.08. The number of rotatable bonds is 4. The third-order valence-electron chi connectivity index (χ3n) is 2.82. The first-order valence-electron chi connectivity index (χ1n) is 5.87. The van der Waals surface area contributed by atoms with E-state index in [1.165, 1.54) is 0 Å². The van der Waals surface area contributed by atoms with Gasteiger partial charge in [-0.1, -0.05) is 5.16 Å². The second kappa shape index (κ2) is 5.08. The molecule has 0 unspecified atom stereocenters. The van der Waals surface area contributed by atoms with E-state index in [0.29, 0.717) is 18.8 Å². The van der Waals surface area contributed by atoms with Crippen molar-refractivity contribution in [3.8, 4) is 0 Å². The van der Waals surface area contributed by atoms with Crippen LogP contribution in [0.4, 0.5) is 0 Å². The highest BCUT2D eigenvalue weighted by Gasteiger charge is 2.15. The van der Waals surface area contributed by atoms with Crippen LogP contribution in [-0.2, 0) is 11.3 Å². The number of hydrogen-bond acceptors (Lipinski definition) is 4. The fraction of sp³-hybridized carbons (Fsp3) is 0.385. The van der Waals surface area contributed by atoms with Crippen LogP contribution in [0.25, 0.3) is 0 Å². The molecule has 0 aliphatic carbocycles. The zero-order chi connectivity index (χ0) is 13.1. The predicted molar refractivity (Wildman–Crippen MR) is 65.5 cm³/mol. The van der Waals surface area contributed by atoms with E-state index >= 15 is 0 Å². The molecular formula is C13H16N2O3. The molecule has 0 aliphatic rings. The number of ether oxygens (including phenoxy) is 1. The smallest absolute Gasteiger partial charge is 0.354 e. The minimum Gasteiger partial charge on any atom is -0.461 e. The van der Waals surface area contributed by atoms with Crippen molar-refractivity contribution in [3.05, 3.63) is 41.0 Å². The topological polar surface area (TPSA) is 57.3 Å². The van der Waals surface area contributed by atoms with Gasteiger partial charge in [0.1, 0.15) is 11.5 Å². The largest absolute Gasteiger partial charge is 0.461 e. The highest BCUT2D eigenvalue weighted by Crippen LogP contribution is 2.16. The van der Waals surface area contributed by atoms with E-state index in [1.807, 2.05) is 30.7 Å². The molecule has 5 nitrogen and oxygen atoms in total. The van der Waals surface area contributed by atoms with Crippen molar-refractivity contribution in [1.29, 1.82) is 0 Å². The Kier molecular flexibility index (Phi) is 3.50. The van der Waals surface area contributed by atoms with Crippen molar-refractivity contribution in [2.24, 2.45) is 0 Å². The van der Waals surface area contributed by atoms with Gasteiger partial charge in [0.2, 0.25) is 0 Å². The molecule has 0 fully saturated rings. The lowest BCUT2D eigenvalue weighted by atomic mass is 10.2. The van der Waals surface area contributed by atoms with Gasteiger partial charge in [0.25, 0.3) is 0 Å². The molecule has 96 valence electrons. The molecular weight excluding hydrogens is 232 g/mol. The van der Waals surface area contributed by atoms with Crippen LogP contribution in [0.1, 0.15) is 34.4 Å². The number of aromatic nitrogens is 2. The molecule has 0 N–H and O–H groups in total. The molecule has 0 aliphatic heterocycles. The number of esters is 1. The third kappa shape index (κ3) is 2.30. The van der Waals surface area contributed by atoms with Gasteiger partial charge in [0, 0.05) is 11.8 Å². The summed E-state index contributed by atoms with van der Waals surface area (Å²) in [5.74, 6) is 0.463. The SMILES string of the molecule is CCOC(=O)c1cccn1Cc1c(C)noc1C. The summed E-state index contributed by atoms with van der Waals surface area (Å²) in [6, 6.07) is 3.57. The molecule has 0 bridgehead atoms. The Bertz CT molecular complexity index is 535. The Morgan fingerprint density at radius 1 is 1.50 bits per heavy atom. The average molecular weight is 248 g/mol. The maximum Gasteiger partial charge on any atom is 0.354 e. The van der Waals surface area contributed by atoms with E-state index in [0.717, 1.165) is 17.0 Å². The summed E-state index contributed by atoms with van der Waals surface area (Å²) in [5.41, 5.74) is 2.38. The van der Waals surface area contributed by atoms with Gasteiger partial charge < -0.3 is 13.8 Å².